The first-order chi connectivity index (χ1) is 13.0. The molecule has 0 radical (unpaired) electrons. The number of nitrogens with one attached hydrogen (secondary N) is 2. The van der Waals surface area contributed by atoms with Crippen molar-refractivity contribution in [3.63, 3.8) is 0 Å². The van der Waals surface area contributed by atoms with Crippen LogP contribution in [0, 0.1) is 12.3 Å². The molecule has 3 aromatic rings. The summed E-state index contributed by atoms with van der Waals surface area (Å²) in [4.78, 5) is 5.70. The van der Waals surface area contributed by atoms with E-state index in [0.29, 0.717) is 27.9 Å². The van der Waals surface area contributed by atoms with Crippen molar-refractivity contribution in [3.8, 4) is 11.5 Å². The number of hydrogen-bond acceptors (Lipinski definition) is 5. The van der Waals surface area contributed by atoms with Crippen LogP contribution in [0.1, 0.15) is 4.88 Å². The highest BCUT2D eigenvalue weighted by atomic mass is 35.5. The number of ether oxygens (including phenoxy) is 2. The van der Waals surface area contributed by atoms with E-state index in [2.05, 4.69) is 5.32 Å². The van der Waals surface area contributed by atoms with Crippen LogP contribution in [0.25, 0.3) is 0 Å². The van der Waals surface area contributed by atoms with Crippen molar-refractivity contribution >= 4 is 40.5 Å². The fourth-order valence-electron chi connectivity index (χ4n) is 2.41. The van der Waals surface area contributed by atoms with E-state index < -0.39 is 0 Å². The number of methoxy groups -OCH3 is 2. The van der Waals surface area contributed by atoms with Crippen LogP contribution in [0.2, 0.25) is 5.02 Å². The summed E-state index contributed by atoms with van der Waals surface area (Å²) in [7, 11) is 3.19. The molecule has 2 N–H and O–H groups in total. The molecular formula is C19H19ClN4O2S. The largest absolute Gasteiger partial charge is 0.497 e. The monoisotopic (exact) mass is 402 g/mol. The first kappa shape index (κ1) is 19.0. The summed E-state index contributed by atoms with van der Waals surface area (Å²) in [6.45, 7) is 1.95. The lowest BCUT2D eigenvalue weighted by atomic mass is 10.3. The molecular weight excluding hydrogens is 384 g/mol. The van der Waals surface area contributed by atoms with Gasteiger partial charge in [-0.25, -0.2) is 8.95 Å². The Morgan fingerprint density at radius 2 is 1.85 bits per heavy atom. The van der Waals surface area contributed by atoms with Crippen LogP contribution in [-0.4, -0.2) is 24.1 Å². The van der Waals surface area contributed by atoms with Crippen LogP contribution in [-0.2, 0) is 0 Å². The molecule has 140 valence electrons. The van der Waals surface area contributed by atoms with Gasteiger partial charge < -0.3 is 14.8 Å². The Labute approximate surface area is 166 Å². The van der Waals surface area contributed by atoms with Crippen molar-refractivity contribution in [1.29, 1.82) is 5.41 Å². The summed E-state index contributed by atoms with van der Waals surface area (Å²) < 4.78 is 12.3. The Bertz CT molecular complexity index is 1020. The van der Waals surface area contributed by atoms with Gasteiger partial charge in [-0.2, -0.15) is 0 Å². The summed E-state index contributed by atoms with van der Waals surface area (Å²) in [6.07, 6.45) is 0. The molecule has 0 spiro atoms. The molecule has 8 heteroatoms. The Morgan fingerprint density at radius 3 is 2.44 bits per heavy atom. The lowest BCUT2D eigenvalue weighted by Gasteiger charge is -2.12. The van der Waals surface area contributed by atoms with Gasteiger partial charge in [-0.05, 0) is 49.4 Å². The van der Waals surface area contributed by atoms with Gasteiger partial charge in [0, 0.05) is 21.7 Å². The smallest absolute Gasteiger partial charge is 0.223 e. The predicted octanol–water partition coefficient (Wildman–Crippen LogP) is 4.66. The molecule has 0 saturated heterocycles. The lowest BCUT2D eigenvalue weighted by Crippen LogP contribution is -2.28. The Hall–Kier alpha value is -2.77. The molecule has 0 atom stereocenters. The van der Waals surface area contributed by atoms with Gasteiger partial charge in [0.2, 0.25) is 5.96 Å². The Balaban J connectivity index is 2.07. The molecule has 0 saturated carbocycles. The Morgan fingerprint density at radius 1 is 1.11 bits per heavy atom. The van der Waals surface area contributed by atoms with E-state index in [4.69, 9.17) is 31.5 Å². The molecule has 2 aromatic carbocycles. The van der Waals surface area contributed by atoms with E-state index in [1.807, 2.05) is 31.2 Å². The highest BCUT2D eigenvalue weighted by molar-refractivity contribution is 7.07. The second-order valence-corrected chi connectivity index (χ2v) is 7.26. The first-order valence-corrected chi connectivity index (χ1v) is 9.23. The number of anilines is 1. The summed E-state index contributed by atoms with van der Waals surface area (Å²) in [5.41, 5.74) is 1.77. The van der Waals surface area contributed by atoms with E-state index in [1.54, 1.807) is 42.4 Å². The minimum Gasteiger partial charge on any atom is -0.497 e. The molecule has 1 aromatic heterocycles. The quantitative estimate of drug-likeness (QED) is 0.492. The third-order valence-corrected chi connectivity index (χ3v) is 4.89. The molecule has 0 bridgehead atoms. The fraction of sp³-hybridized carbons (Fsp3) is 0.158. The third-order valence-electron chi connectivity index (χ3n) is 3.70. The van der Waals surface area contributed by atoms with Crippen LogP contribution < -0.4 is 20.3 Å². The van der Waals surface area contributed by atoms with E-state index >= 15 is 0 Å². The molecule has 27 heavy (non-hydrogen) atoms. The van der Waals surface area contributed by atoms with Gasteiger partial charge in [0.1, 0.15) is 22.7 Å². The maximum absolute atomic E-state index is 8.23. The van der Waals surface area contributed by atoms with Crippen molar-refractivity contribution in [3.05, 3.63) is 63.9 Å². The van der Waals surface area contributed by atoms with Gasteiger partial charge in [-0.1, -0.05) is 23.1 Å². The van der Waals surface area contributed by atoms with Crippen molar-refractivity contribution in [2.75, 3.05) is 19.5 Å². The molecule has 0 fully saturated rings. The number of aliphatic imine (C=N–C) groups is 1. The molecule has 0 aliphatic heterocycles. The second kappa shape index (κ2) is 8.28. The molecule has 0 aliphatic carbocycles. The number of benzene rings is 2. The van der Waals surface area contributed by atoms with Gasteiger partial charge in [0.05, 0.1) is 14.2 Å². The molecule has 1 heterocycles. The van der Waals surface area contributed by atoms with Crippen LogP contribution in [0.3, 0.4) is 0 Å². The minimum atomic E-state index is 0.338. The minimum absolute atomic E-state index is 0.338. The highest BCUT2D eigenvalue weighted by Crippen LogP contribution is 2.30. The summed E-state index contributed by atoms with van der Waals surface area (Å²) in [5, 5.41) is 12.1. The topological polar surface area (TPSA) is 71.6 Å². The van der Waals surface area contributed by atoms with Crippen molar-refractivity contribution in [1.82, 2.24) is 3.96 Å². The number of halogens is 1. The van der Waals surface area contributed by atoms with E-state index in [9.17, 15) is 0 Å². The van der Waals surface area contributed by atoms with Gasteiger partial charge in [-0.3, -0.25) is 5.41 Å². The summed E-state index contributed by atoms with van der Waals surface area (Å²) >= 11 is 7.48. The van der Waals surface area contributed by atoms with Gasteiger partial charge >= 0.3 is 0 Å². The van der Waals surface area contributed by atoms with Crippen LogP contribution >= 0.6 is 23.1 Å². The van der Waals surface area contributed by atoms with Gasteiger partial charge in [0.25, 0.3) is 0 Å². The molecule has 3 rings (SSSR count). The number of rotatable bonds is 4. The number of hydrogen-bond donors (Lipinski definition) is 2. The number of aryl methyl sites for hydroxylation is 1. The molecule has 0 aliphatic rings. The summed E-state index contributed by atoms with van der Waals surface area (Å²) in [6, 6.07) is 14.5. The third kappa shape index (κ3) is 4.50. The van der Waals surface area contributed by atoms with E-state index in [1.165, 1.54) is 11.5 Å². The maximum Gasteiger partial charge on any atom is 0.223 e. The SMILES string of the molecule is COc1ccc(NC(=Nc2ccc(Cl)cc2OC)n2sc(C)cc2=N)cc1. The van der Waals surface area contributed by atoms with Crippen LogP contribution in [0.15, 0.2) is 53.5 Å². The average Bonchev–Trinajstić information content (AvgIpc) is 3.01. The second-order valence-electron chi connectivity index (χ2n) is 5.63. The number of nitrogens with zero attached hydrogens (tertiary/aromatic N) is 2. The van der Waals surface area contributed by atoms with Crippen molar-refractivity contribution in [2.24, 2.45) is 4.99 Å². The lowest BCUT2D eigenvalue weighted by molar-refractivity contribution is 0.415. The number of aromatic nitrogens is 1. The molecule has 0 amide bonds. The zero-order valence-electron chi connectivity index (χ0n) is 15.1. The normalized spacial score (nSPS) is 11.3. The van der Waals surface area contributed by atoms with Crippen LogP contribution in [0.5, 0.6) is 11.5 Å². The maximum atomic E-state index is 8.23. The predicted molar refractivity (Wildman–Crippen MR) is 110 cm³/mol. The van der Waals surface area contributed by atoms with Gasteiger partial charge in [-0.15, -0.1) is 0 Å². The molecule has 0 unspecified atom stereocenters. The van der Waals surface area contributed by atoms with Crippen molar-refractivity contribution < 1.29 is 9.47 Å². The zero-order chi connectivity index (χ0) is 19.4. The first-order valence-electron chi connectivity index (χ1n) is 8.08. The highest BCUT2D eigenvalue weighted by Gasteiger charge is 2.11. The fourth-order valence-corrected chi connectivity index (χ4v) is 3.35. The molecule has 6 nitrogen and oxygen atoms in total. The standard InChI is InChI=1S/C19H19ClN4O2S/c1-12-10-18(21)24(27-12)19(22-14-5-7-15(25-2)8-6-14)23-16-9-4-13(20)11-17(16)26-3/h4-11,21H,1-3H3,(H,22,23). The van der Waals surface area contributed by atoms with Gasteiger partial charge in [0.15, 0.2) is 0 Å². The average molecular weight is 403 g/mol. The Kier molecular flexibility index (Phi) is 5.83. The van der Waals surface area contributed by atoms with E-state index in [0.717, 1.165) is 16.3 Å². The summed E-state index contributed by atoms with van der Waals surface area (Å²) in [5.74, 6) is 1.81. The van der Waals surface area contributed by atoms with Crippen LogP contribution in [0.4, 0.5) is 11.4 Å². The zero-order valence-corrected chi connectivity index (χ0v) is 16.7. The van der Waals surface area contributed by atoms with E-state index in [-0.39, 0.29) is 0 Å². The van der Waals surface area contributed by atoms with Crippen molar-refractivity contribution in [2.45, 2.75) is 6.92 Å².